The van der Waals surface area contributed by atoms with E-state index in [2.05, 4.69) is 36.2 Å². The molecule has 234 valence electrons. The fraction of sp³-hybridized carbons (Fsp3) is 0.273. The molecule has 2 aromatic carbocycles. The first-order chi connectivity index (χ1) is 21.6. The summed E-state index contributed by atoms with van der Waals surface area (Å²) in [5, 5.41) is 14.2. The van der Waals surface area contributed by atoms with Gasteiger partial charge < -0.3 is 31.1 Å². The average Bonchev–Trinajstić information content (AvgIpc) is 3.03. The smallest absolute Gasteiger partial charge is 0.260 e. The van der Waals surface area contributed by atoms with Crippen molar-refractivity contribution in [3.63, 3.8) is 0 Å². The van der Waals surface area contributed by atoms with Gasteiger partial charge in [0.15, 0.2) is 0 Å². The molecule has 0 aliphatic carbocycles. The summed E-state index contributed by atoms with van der Waals surface area (Å²) in [6, 6.07) is 13.8. The van der Waals surface area contributed by atoms with Crippen LogP contribution in [0.1, 0.15) is 30.6 Å². The molecule has 0 saturated carbocycles. The lowest BCUT2D eigenvalue weighted by molar-refractivity contribution is -0.132. The van der Waals surface area contributed by atoms with E-state index in [9.17, 15) is 14.4 Å². The number of aromatic nitrogens is 3. The summed E-state index contributed by atoms with van der Waals surface area (Å²) in [7, 11) is 5.39. The van der Waals surface area contributed by atoms with Crippen molar-refractivity contribution in [3.8, 4) is 0 Å². The first-order valence-corrected chi connectivity index (χ1v) is 14.7. The van der Waals surface area contributed by atoms with Crippen LogP contribution in [-0.2, 0) is 9.59 Å². The highest BCUT2D eigenvalue weighted by molar-refractivity contribution is 6.08. The second-order valence-corrected chi connectivity index (χ2v) is 10.8. The van der Waals surface area contributed by atoms with Gasteiger partial charge in [0, 0.05) is 67.3 Å². The van der Waals surface area contributed by atoms with Gasteiger partial charge in [0.25, 0.3) is 5.91 Å². The second-order valence-electron chi connectivity index (χ2n) is 10.8. The van der Waals surface area contributed by atoms with E-state index in [1.54, 1.807) is 56.7 Å². The highest BCUT2D eigenvalue weighted by Crippen LogP contribution is 2.23. The zero-order valence-corrected chi connectivity index (χ0v) is 26.2. The molecular weight excluding hydrogens is 570 g/mol. The van der Waals surface area contributed by atoms with Gasteiger partial charge in [-0.1, -0.05) is 25.1 Å². The Morgan fingerprint density at radius 1 is 0.933 bits per heavy atom. The number of likely N-dealkylation sites (N-methyl/N-ethyl adjacent to an activating group) is 2. The minimum absolute atomic E-state index is 0.268. The topological polar surface area (TPSA) is 144 Å². The van der Waals surface area contributed by atoms with Gasteiger partial charge >= 0.3 is 0 Å². The highest BCUT2D eigenvalue weighted by Gasteiger charge is 2.21. The minimum Gasteiger partial charge on any atom is -0.369 e. The molecule has 12 heteroatoms. The summed E-state index contributed by atoms with van der Waals surface area (Å²) < 4.78 is 0. The van der Waals surface area contributed by atoms with Crippen LogP contribution in [0.25, 0.3) is 10.8 Å². The third-order valence-electron chi connectivity index (χ3n) is 6.90. The largest absolute Gasteiger partial charge is 0.369 e. The molecule has 0 aliphatic rings. The molecule has 2 heterocycles. The zero-order valence-electron chi connectivity index (χ0n) is 26.2. The molecule has 2 aromatic heterocycles. The molecule has 0 fully saturated rings. The van der Waals surface area contributed by atoms with E-state index >= 15 is 0 Å². The quantitative estimate of drug-likeness (QED) is 0.158. The van der Waals surface area contributed by atoms with Gasteiger partial charge in [-0.15, -0.1) is 0 Å². The molecule has 0 saturated heterocycles. The monoisotopic (exact) mass is 609 g/mol. The van der Waals surface area contributed by atoms with Crippen LogP contribution in [0.2, 0.25) is 0 Å². The van der Waals surface area contributed by atoms with Gasteiger partial charge in [0.1, 0.15) is 17.4 Å². The Hall–Kier alpha value is -5.36. The van der Waals surface area contributed by atoms with E-state index in [0.717, 1.165) is 22.9 Å². The maximum atomic E-state index is 13.4. The SMILES string of the molecule is CCCNc1nc(Nc2ccc3cnccc3c2)ncc1C(=O)Nc1cccc(NC(=O)C(C)N(C)C(=O)C=CCN(C)C)c1. The van der Waals surface area contributed by atoms with Crippen LogP contribution in [0.3, 0.4) is 0 Å². The van der Waals surface area contributed by atoms with Crippen molar-refractivity contribution in [1.82, 2.24) is 24.8 Å². The van der Waals surface area contributed by atoms with Crippen molar-refractivity contribution < 1.29 is 14.4 Å². The third kappa shape index (κ3) is 9.07. The average molecular weight is 610 g/mol. The van der Waals surface area contributed by atoms with Crippen molar-refractivity contribution in [2.75, 3.05) is 55.5 Å². The number of carbonyl (C=O) groups excluding carboxylic acids is 3. The summed E-state index contributed by atoms with van der Waals surface area (Å²) in [5.41, 5.74) is 2.01. The van der Waals surface area contributed by atoms with E-state index in [0.29, 0.717) is 36.2 Å². The summed E-state index contributed by atoms with van der Waals surface area (Å²) in [5.74, 6) is -0.311. The number of fused-ring (bicyclic) bond motifs is 1. The first-order valence-electron chi connectivity index (χ1n) is 14.7. The number of anilines is 5. The number of nitrogens with zero attached hydrogens (tertiary/aromatic N) is 5. The normalized spacial score (nSPS) is 11.8. The molecule has 4 aromatic rings. The van der Waals surface area contributed by atoms with Crippen LogP contribution in [-0.4, -0.2) is 82.7 Å². The molecule has 0 bridgehead atoms. The molecule has 3 amide bonds. The summed E-state index contributed by atoms with van der Waals surface area (Å²) in [6.07, 6.45) is 9.05. The van der Waals surface area contributed by atoms with E-state index in [1.807, 2.05) is 50.2 Å². The van der Waals surface area contributed by atoms with E-state index in [-0.39, 0.29) is 17.4 Å². The van der Waals surface area contributed by atoms with Crippen LogP contribution in [0.15, 0.2) is 79.3 Å². The van der Waals surface area contributed by atoms with E-state index in [1.165, 1.54) is 17.2 Å². The van der Waals surface area contributed by atoms with Crippen molar-refractivity contribution in [2.24, 2.45) is 0 Å². The lowest BCUT2D eigenvalue weighted by Gasteiger charge is -2.23. The Morgan fingerprint density at radius 2 is 1.71 bits per heavy atom. The van der Waals surface area contributed by atoms with E-state index in [4.69, 9.17) is 0 Å². The first kappa shape index (κ1) is 32.6. The lowest BCUT2D eigenvalue weighted by Crippen LogP contribution is -2.42. The fourth-order valence-electron chi connectivity index (χ4n) is 4.25. The van der Waals surface area contributed by atoms with Crippen LogP contribution < -0.4 is 21.3 Å². The maximum Gasteiger partial charge on any atom is 0.260 e. The van der Waals surface area contributed by atoms with Gasteiger partial charge in [-0.3, -0.25) is 19.4 Å². The Labute approximate surface area is 263 Å². The van der Waals surface area contributed by atoms with Gasteiger partial charge in [-0.2, -0.15) is 4.98 Å². The minimum atomic E-state index is -0.720. The molecule has 0 spiro atoms. The molecule has 0 aliphatic heterocycles. The molecule has 0 radical (unpaired) electrons. The van der Waals surface area contributed by atoms with Crippen LogP contribution in [0, 0.1) is 0 Å². The molecule has 4 rings (SSSR count). The predicted molar refractivity (Wildman–Crippen MR) is 179 cm³/mol. The van der Waals surface area contributed by atoms with Crippen LogP contribution in [0.5, 0.6) is 0 Å². The second kappa shape index (κ2) is 15.4. The molecule has 1 atom stereocenters. The highest BCUT2D eigenvalue weighted by atomic mass is 16.2. The number of amides is 3. The van der Waals surface area contributed by atoms with Gasteiger partial charge in [0.05, 0.1) is 0 Å². The lowest BCUT2D eigenvalue weighted by atomic mass is 10.1. The number of carbonyl (C=O) groups is 3. The Morgan fingerprint density at radius 3 is 2.47 bits per heavy atom. The Kier molecular flexibility index (Phi) is 11.1. The molecular formula is C33H39N9O3. The van der Waals surface area contributed by atoms with Gasteiger partial charge in [0.2, 0.25) is 17.8 Å². The summed E-state index contributed by atoms with van der Waals surface area (Å²) in [4.78, 5) is 55.1. The Bertz CT molecular complexity index is 1690. The number of nitrogens with one attached hydrogen (secondary N) is 4. The maximum absolute atomic E-state index is 13.4. The predicted octanol–water partition coefficient (Wildman–Crippen LogP) is 4.75. The zero-order chi connectivity index (χ0) is 32.3. The van der Waals surface area contributed by atoms with Crippen molar-refractivity contribution in [3.05, 3.63) is 84.8 Å². The van der Waals surface area contributed by atoms with E-state index < -0.39 is 11.9 Å². The van der Waals surface area contributed by atoms with Gasteiger partial charge in [-0.05, 0) is 69.2 Å². The fourth-order valence-corrected chi connectivity index (χ4v) is 4.25. The molecule has 4 N–H and O–H groups in total. The summed E-state index contributed by atoms with van der Waals surface area (Å²) in [6.45, 7) is 4.90. The van der Waals surface area contributed by atoms with Crippen molar-refractivity contribution in [2.45, 2.75) is 26.3 Å². The molecule has 1 unspecified atom stereocenters. The standard InChI is InChI=1S/C33H39N9O3/c1-6-15-35-30-28(21-36-33(40-30)39-27-13-12-24-20-34-16-14-23(24)18-27)32(45)38-26-10-7-9-25(19-26)37-31(44)22(2)42(5)29(43)11-8-17-41(3)4/h7-14,16,18-22H,6,15,17H2,1-5H3,(H,37,44)(H,38,45)(H2,35,36,39,40). The number of hydrogen-bond acceptors (Lipinski definition) is 9. The number of benzene rings is 2. The number of rotatable bonds is 13. The third-order valence-corrected chi connectivity index (χ3v) is 6.90. The number of hydrogen-bond donors (Lipinski definition) is 4. The molecule has 12 nitrogen and oxygen atoms in total. The number of pyridine rings is 1. The van der Waals surface area contributed by atoms with Crippen LogP contribution >= 0.6 is 0 Å². The Balaban J connectivity index is 1.43. The van der Waals surface area contributed by atoms with Crippen molar-refractivity contribution in [1.29, 1.82) is 0 Å². The van der Waals surface area contributed by atoms with Crippen molar-refractivity contribution >= 4 is 57.3 Å². The summed E-state index contributed by atoms with van der Waals surface area (Å²) >= 11 is 0. The van der Waals surface area contributed by atoms with Gasteiger partial charge in [-0.25, -0.2) is 4.98 Å². The van der Waals surface area contributed by atoms with Crippen LogP contribution in [0.4, 0.5) is 28.8 Å². The molecule has 45 heavy (non-hydrogen) atoms.